The zero-order chi connectivity index (χ0) is 24.3. The number of alkyl halides is 3. The van der Waals surface area contributed by atoms with Crippen molar-refractivity contribution in [3.63, 3.8) is 0 Å². The van der Waals surface area contributed by atoms with Crippen molar-refractivity contribution < 1.29 is 13.2 Å². The van der Waals surface area contributed by atoms with E-state index in [4.69, 9.17) is 16.6 Å². The van der Waals surface area contributed by atoms with Crippen LogP contribution in [0.2, 0.25) is 5.02 Å². The smallest absolute Gasteiger partial charge is 0.326 e. The fourth-order valence-corrected chi connectivity index (χ4v) is 4.81. The zero-order valence-electron chi connectivity index (χ0n) is 18.4. The number of aryl methyl sites for hydroxylation is 1. The van der Waals surface area contributed by atoms with Crippen LogP contribution < -0.4 is 0 Å². The van der Waals surface area contributed by atoms with E-state index >= 15 is 0 Å². The molecule has 0 saturated carbocycles. The lowest BCUT2D eigenvalue weighted by molar-refractivity contribution is -0.136. The predicted molar refractivity (Wildman–Crippen MR) is 134 cm³/mol. The first-order valence-electron chi connectivity index (χ1n) is 10.9. The maximum absolute atomic E-state index is 14.5. The standard InChI is InChI=1S/C28H17ClF3N3/c1-35-26-20-10-6-5-9-19(20)24(17-11-13-18(29)14-12-17)34-25(26)23-21(28(30,31)32)15-22(33-27(23)35)16-7-3-2-4-8-16/h2-15H,1H3. The molecule has 0 radical (unpaired) electrons. The number of rotatable bonds is 2. The highest BCUT2D eigenvalue weighted by Gasteiger charge is 2.36. The molecule has 3 nitrogen and oxygen atoms in total. The van der Waals surface area contributed by atoms with Gasteiger partial charge in [0.25, 0.3) is 0 Å². The molecule has 6 aromatic rings. The Morgan fingerprint density at radius 3 is 2.11 bits per heavy atom. The summed E-state index contributed by atoms with van der Waals surface area (Å²) in [5.41, 5.74) is 2.60. The molecule has 35 heavy (non-hydrogen) atoms. The summed E-state index contributed by atoms with van der Waals surface area (Å²) in [6, 6.07) is 24.7. The first kappa shape index (κ1) is 21.6. The summed E-state index contributed by atoms with van der Waals surface area (Å²) in [6.45, 7) is 0. The molecule has 3 aromatic carbocycles. The van der Waals surface area contributed by atoms with Crippen LogP contribution in [-0.4, -0.2) is 14.5 Å². The number of nitrogens with zero attached hydrogens (tertiary/aromatic N) is 3. The van der Waals surface area contributed by atoms with E-state index in [0.717, 1.165) is 22.4 Å². The molecule has 3 heterocycles. The Morgan fingerprint density at radius 2 is 1.43 bits per heavy atom. The Kier molecular flexibility index (Phi) is 4.83. The summed E-state index contributed by atoms with van der Waals surface area (Å²) in [5.74, 6) is 0. The minimum Gasteiger partial charge on any atom is -0.326 e. The summed E-state index contributed by atoms with van der Waals surface area (Å²) in [6.07, 6.45) is -4.59. The Balaban J connectivity index is 1.80. The number of benzene rings is 3. The van der Waals surface area contributed by atoms with Crippen molar-refractivity contribution in [3.05, 3.63) is 95.5 Å². The second-order valence-electron chi connectivity index (χ2n) is 8.39. The van der Waals surface area contributed by atoms with Gasteiger partial charge in [-0.1, -0.05) is 78.3 Å². The summed E-state index contributed by atoms with van der Waals surface area (Å²) in [7, 11) is 1.74. The molecule has 0 saturated heterocycles. The van der Waals surface area contributed by atoms with E-state index in [2.05, 4.69) is 4.98 Å². The third-order valence-electron chi connectivity index (χ3n) is 6.27. The van der Waals surface area contributed by atoms with Crippen molar-refractivity contribution in [2.24, 2.45) is 7.05 Å². The van der Waals surface area contributed by atoms with Gasteiger partial charge in [0.05, 0.1) is 33.4 Å². The van der Waals surface area contributed by atoms with Gasteiger partial charge in [-0.3, -0.25) is 0 Å². The Morgan fingerprint density at radius 1 is 0.771 bits per heavy atom. The number of fused-ring (bicyclic) bond motifs is 5. The molecule has 7 heteroatoms. The van der Waals surface area contributed by atoms with E-state index in [1.807, 2.05) is 42.5 Å². The summed E-state index contributed by atoms with van der Waals surface area (Å²) < 4.78 is 45.1. The monoisotopic (exact) mass is 487 g/mol. The quantitative estimate of drug-likeness (QED) is 0.246. The Hall–Kier alpha value is -3.90. The van der Waals surface area contributed by atoms with Crippen molar-refractivity contribution >= 4 is 44.4 Å². The molecule has 0 bridgehead atoms. The van der Waals surface area contributed by atoms with Gasteiger partial charge in [0.2, 0.25) is 0 Å². The van der Waals surface area contributed by atoms with Crippen LogP contribution in [0.3, 0.4) is 0 Å². The van der Waals surface area contributed by atoms with E-state index in [9.17, 15) is 13.2 Å². The third kappa shape index (κ3) is 3.44. The number of aromatic nitrogens is 3. The molecule has 0 N–H and O–H groups in total. The van der Waals surface area contributed by atoms with Crippen molar-refractivity contribution in [1.82, 2.24) is 14.5 Å². The molecule has 3 aromatic heterocycles. The van der Waals surface area contributed by atoms with Crippen LogP contribution >= 0.6 is 11.6 Å². The van der Waals surface area contributed by atoms with Crippen LogP contribution in [-0.2, 0) is 13.2 Å². The molecule has 0 aliphatic heterocycles. The molecule has 0 aliphatic carbocycles. The first-order chi connectivity index (χ1) is 16.8. The van der Waals surface area contributed by atoms with Crippen molar-refractivity contribution in [1.29, 1.82) is 0 Å². The van der Waals surface area contributed by atoms with Gasteiger partial charge in [-0.05, 0) is 18.2 Å². The third-order valence-corrected chi connectivity index (χ3v) is 6.52. The van der Waals surface area contributed by atoms with Crippen LogP contribution in [0, 0.1) is 0 Å². The highest BCUT2D eigenvalue weighted by Crippen LogP contribution is 2.43. The molecule has 0 unspecified atom stereocenters. The fourth-order valence-electron chi connectivity index (χ4n) is 4.68. The van der Waals surface area contributed by atoms with E-state index < -0.39 is 11.7 Å². The maximum Gasteiger partial charge on any atom is 0.417 e. The normalized spacial score (nSPS) is 12.1. The Bertz CT molecular complexity index is 1740. The highest BCUT2D eigenvalue weighted by atomic mass is 35.5. The number of hydrogen-bond donors (Lipinski definition) is 0. The van der Waals surface area contributed by atoms with Crippen molar-refractivity contribution in [2.45, 2.75) is 6.18 Å². The van der Waals surface area contributed by atoms with E-state index in [1.165, 1.54) is 0 Å². The molecule has 0 aliphatic rings. The van der Waals surface area contributed by atoms with Crippen LogP contribution in [0.15, 0.2) is 84.9 Å². The van der Waals surface area contributed by atoms with Gasteiger partial charge in [-0.15, -0.1) is 0 Å². The van der Waals surface area contributed by atoms with Gasteiger partial charge in [0, 0.05) is 34.0 Å². The summed E-state index contributed by atoms with van der Waals surface area (Å²) in [5, 5.41) is 2.21. The summed E-state index contributed by atoms with van der Waals surface area (Å²) >= 11 is 6.07. The lowest BCUT2D eigenvalue weighted by atomic mass is 10.0. The van der Waals surface area contributed by atoms with E-state index in [-0.39, 0.29) is 22.2 Å². The van der Waals surface area contributed by atoms with Crippen LogP contribution in [0.4, 0.5) is 13.2 Å². The van der Waals surface area contributed by atoms with Gasteiger partial charge in [-0.2, -0.15) is 13.2 Å². The van der Waals surface area contributed by atoms with Gasteiger partial charge < -0.3 is 4.57 Å². The average molecular weight is 488 g/mol. The second-order valence-corrected chi connectivity index (χ2v) is 8.82. The minimum atomic E-state index is -4.59. The zero-order valence-corrected chi connectivity index (χ0v) is 19.2. The average Bonchev–Trinajstić information content (AvgIpc) is 3.15. The first-order valence-corrected chi connectivity index (χ1v) is 11.3. The second kappa shape index (κ2) is 7.82. The molecule has 0 spiro atoms. The largest absolute Gasteiger partial charge is 0.417 e. The topological polar surface area (TPSA) is 30.7 Å². The van der Waals surface area contributed by atoms with Gasteiger partial charge in [0.1, 0.15) is 5.65 Å². The van der Waals surface area contributed by atoms with E-state index in [1.54, 1.807) is 48.0 Å². The fraction of sp³-hybridized carbons (Fsp3) is 0.0714. The van der Waals surface area contributed by atoms with Crippen LogP contribution in [0.5, 0.6) is 0 Å². The number of hydrogen-bond acceptors (Lipinski definition) is 2. The van der Waals surface area contributed by atoms with Crippen LogP contribution in [0.25, 0.3) is 55.4 Å². The van der Waals surface area contributed by atoms with Gasteiger partial charge in [0.15, 0.2) is 0 Å². The van der Waals surface area contributed by atoms with Crippen LogP contribution in [0.1, 0.15) is 5.56 Å². The van der Waals surface area contributed by atoms with Crippen molar-refractivity contribution in [3.8, 4) is 22.5 Å². The molecule has 0 atom stereocenters. The predicted octanol–water partition coefficient (Wildman–Crippen LogP) is 8.28. The SMILES string of the molecule is Cn1c2nc(-c3ccccc3)cc(C(F)(F)F)c2c2nc(-c3ccc(Cl)cc3)c3ccccc3c21. The molecular weight excluding hydrogens is 471 g/mol. The Labute approximate surface area is 203 Å². The lowest BCUT2D eigenvalue weighted by Gasteiger charge is -2.11. The lowest BCUT2D eigenvalue weighted by Crippen LogP contribution is -2.07. The molecular formula is C28H17ClF3N3. The molecule has 0 fully saturated rings. The number of halogens is 4. The molecule has 172 valence electrons. The minimum absolute atomic E-state index is 0.00403. The maximum atomic E-state index is 14.5. The van der Waals surface area contributed by atoms with Crippen molar-refractivity contribution in [2.75, 3.05) is 0 Å². The summed E-state index contributed by atoms with van der Waals surface area (Å²) in [4.78, 5) is 9.51. The van der Waals surface area contributed by atoms with E-state index in [0.29, 0.717) is 21.8 Å². The number of pyridine rings is 2. The van der Waals surface area contributed by atoms with Gasteiger partial charge >= 0.3 is 6.18 Å². The van der Waals surface area contributed by atoms with Gasteiger partial charge in [-0.25, -0.2) is 9.97 Å². The molecule has 6 rings (SSSR count). The highest BCUT2D eigenvalue weighted by molar-refractivity contribution is 6.30. The molecule has 0 amide bonds.